The van der Waals surface area contributed by atoms with E-state index < -0.39 is 28.5 Å². The van der Waals surface area contributed by atoms with Crippen LogP contribution in [-0.2, 0) is 29.1 Å². The molecular formula is C8H15NO6S. The van der Waals surface area contributed by atoms with Gasteiger partial charge in [0.05, 0.1) is 20.0 Å². The summed E-state index contributed by atoms with van der Waals surface area (Å²) < 4.78 is 33.2. The second-order valence-electron chi connectivity index (χ2n) is 2.90. The third kappa shape index (κ3) is 7.18. The lowest BCUT2D eigenvalue weighted by molar-refractivity contribution is -0.141. The van der Waals surface area contributed by atoms with E-state index in [1.165, 1.54) is 7.11 Å². The number of hydrogen-bond acceptors (Lipinski definition) is 6. The molecule has 0 bridgehead atoms. The zero-order valence-electron chi connectivity index (χ0n) is 9.19. The van der Waals surface area contributed by atoms with Crippen molar-refractivity contribution in [2.45, 2.75) is 12.8 Å². The molecule has 0 amide bonds. The highest BCUT2D eigenvalue weighted by atomic mass is 32.2. The molecule has 0 unspecified atom stereocenters. The summed E-state index contributed by atoms with van der Waals surface area (Å²) >= 11 is 0. The Balaban J connectivity index is 3.88. The number of carbonyl (C=O) groups is 2. The Labute approximate surface area is 94.2 Å². The number of rotatable bonds is 7. The first-order valence-electron chi connectivity index (χ1n) is 4.52. The topological polar surface area (TPSA) is 98.8 Å². The standard InChI is InChI=1S/C8H15NO6S/c1-14-7(10)4-3-5-16(12,13)9-6-8(11)15-2/h9H,3-6H2,1-2H3. The molecule has 0 saturated carbocycles. The summed E-state index contributed by atoms with van der Waals surface area (Å²) in [6.45, 7) is -0.406. The van der Waals surface area contributed by atoms with E-state index in [4.69, 9.17) is 0 Å². The van der Waals surface area contributed by atoms with Gasteiger partial charge < -0.3 is 9.47 Å². The van der Waals surface area contributed by atoms with Gasteiger partial charge in [0.2, 0.25) is 10.0 Å². The molecule has 0 aliphatic carbocycles. The summed E-state index contributed by atoms with van der Waals surface area (Å²) in [5.74, 6) is -1.38. The van der Waals surface area contributed by atoms with Crippen LogP contribution in [0.4, 0.5) is 0 Å². The van der Waals surface area contributed by atoms with Crippen molar-refractivity contribution >= 4 is 22.0 Å². The van der Waals surface area contributed by atoms with E-state index in [1.54, 1.807) is 0 Å². The van der Waals surface area contributed by atoms with Crippen LogP contribution >= 0.6 is 0 Å². The number of nitrogens with one attached hydrogen (secondary N) is 1. The molecule has 0 heterocycles. The largest absolute Gasteiger partial charge is 0.469 e. The molecule has 0 aromatic rings. The summed E-state index contributed by atoms with van der Waals surface area (Å²) in [5, 5.41) is 0. The Morgan fingerprint density at radius 3 is 2.19 bits per heavy atom. The van der Waals surface area contributed by atoms with Crippen LogP contribution in [-0.4, -0.2) is 46.9 Å². The lowest BCUT2D eigenvalue weighted by atomic mass is 10.3. The fourth-order valence-electron chi connectivity index (χ4n) is 0.822. The van der Waals surface area contributed by atoms with E-state index in [0.717, 1.165) is 7.11 Å². The molecule has 0 aromatic heterocycles. The Morgan fingerprint density at radius 2 is 1.69 bits per heavy atom. The van der Waals surface area contributed by atoms with E-state index in [0.29, 0.717) is 0 Å². The number of methoxy groups -OCH3 is 2. The second kappa shape index (κ2) is 7.18. The molecule has 0 fully saturated rings. The van der Waals surface area contributed by atoms with Gasteiger partial charge in [0.15, 0.2) is 0 Å². The molecule has 16 heavy (non-hydrogen) atoms. The molecule has 0 aliphatic rings. The zero-order valence-corrected chi connectivity index (χ0v) is 10.0. The maximum Gasteiger partial charge on any atom is 0.320 e. The first kappa shape index (κ1) is 14.8. The monoisotopic (exact) mass is 253 g/mol. The number of carbonyl (C=O) groups excluding carboxylic acids is 2. The maximum absolute atomic E-state index is 11.2. The minimum Gasteiger partial charge on any atom is -0.469 e. The van der Waals surface area contributed by atoms with E-state index in [1.807, 2.05) is 4.72 Å². The zero-order chi connectivity index (χ0) is 12.6. The summed E-state index contributed by atoms with van der Waals surface area (Å²) in [5.41, 5.74) is 0. The summed E-state index contributed by atoms with van der Waals surface area (Å²) in [4.78, 5) is 21.4. The van der Waals surface area contributed by atoms with Crippen LogP contribution in [0.15, 0.2) is 0 Å². The average molecular weight is 253 g/mol. The Kier molecular flexibility index (Phi) is 6.66. The van der Waals surface area contributed by atoms with Crippen molar-refractivity contribution in [2.75, 3.05) is 26.5 Å². The minimum atomic E-state index is -3.55. The van der Waals surface area contributed by atoms with Gasteiger partial charge in [-0.15, -0.1) is 0 Å². The van der Waals surface area contributed by atoms with Gasteiger partial charge in [-0.25, -0.2) is 13.1 Å². The van der Waals surface area contributed by atoms with Gasteiger partial charge in [-0.2, -0.15) is 0 Å². The van der Waals surface area contributed by atoms with Crippen LogP contribution in [0.2, 0.25) is 0 Å². The average Bonchev–Trinajstić information content (AvgIpc) is 2.25. The van der Waals surface area contributed by atoms with E-state index in [2.05, 4.69) is 9.47 Å². The molecule has 8 heteroatoms. The summed E-state index contributed by atoms with van der Waals surface area (Å²) in [6.07, 6.45) is 0.165. The second-order valence-corrected chi connectivity index (χ2v) is 4.82. The van der Waals surface area contributed by atoms with Crippen LogP contribution in [0, 0.1) is 0 Å². The molecule has 0 radical (unpaired) electrons. The quantitative estimate of drug-likeness (QED) is 0.586. The van der Waals surface area contributed by atoms with Crippen LogP contribution in [0.5, 0.6) is 0 Å². The van der Waals surface area contributed by atoms with E-state index >= 15 is 0 Å². The van der Waals surface area contributed by atoms with Crippen LogP contribution in [0.1, 0.15) is 12.8 Å². The third-order valence-electron chi connectivity index (χ3n) is 1.69. The van der Waals surface area contributed by atoms with Crippen molar-refractivity contribution < 1.29 is 27.5 Å². The van der Waals surface area contributed by atoms with Gasteiger partial charge in [0.1, 0.15) is 6.54 Å². The molecule has 94 valence electrons. The lowest BCUT2D eigenvalue weighted by Gasteiger charge is -2.04. The number of sulfonamides is 1. The van der Waals surface area contributed by atoms with Crippen molar-refractivity contribution in [3.63, 3.8) is 0 Å². The first-order chi connectivity index (χ1) is 7.41. The molecule has 0 aliphatic heterocycles. The molecule has 0 atom stereocenters. The fraction of sp³-hybridized carbons (Fsp3) is 0.750. The maximum atomic E-state index is 11.2. The highest BCUT2D eigenvalue weighted by Gasteiger charge is 2.13. The van der Waals surface area contributed by atoms with Crippen molar-refractivity contribution in [3.8, 4) is 0 Å². The van der Waals surface area contributed by atoms with Crippen LogP contribution in [0.3, 0.4) is 0 Å². The lowest BCUT2D eigenvalue weighted by Crippen LogP contribution is -2.32. The van der Waals surface area contributed by atoms with Crippen LogP contribution in [0.25, 0.3) is 0 Å². The molecular weight excluding hydrogens is 238 g/mol. The number of esters is 2. The van der Waals surface area contributed by atoms with Crippen molar-refractivity contribution in [3.05, 3.63) is 0 Å². The SMILES string of the molecule is COC(=O)CCCS(=O)(=O)NCC(=O)OC. The van der Waals surface area contributed by atoms with Gasteiger partial charge in [-0.1, -0.05) is 0 Å². The molecule has 0 spiro atoms. The fourth-order valence-corrected chi connectivity index (χ4v) is 1.83. The molecule has 0 aromatic carbocycles. The Hall–Kier alpha value is -1.15. The van der Waals surface area contributed by atoms with Gasteiger partial charge in [-0.05, 0) is 6.42 Å². The summed E-state index contributed by atoms with van der Waals surface area (Å²) in [6, 6.07) is 0. The molecule has 7 nitrogen and oxygen atoms in total. The van der Waals surface area contributed by atoms with E-state index in [-0.39, 0.29) is 18.6 Å². The number of ether oxygens (including phenoxy) is 2. The highest BCUT2D eigenvalue weighted by Crippen LogP contribution is 1.96. The Bertz CT molecular complexity index is 336. The first-order valence-corrected chi connectivity index (χ1v) is 6.17. The van der Waals surface area contributed by atoms with E-state index in [9.17, 15) is 18.0 Å². The minimum absolute atomic E-state index is 0.0234. The number of hydrogen-bond donors (Lipinski definition) is 1. The van der Waals surface area contributed by atoms with Crippen molar-refractivity contribution in [1.82, 2.24) is 4.72 Å². The van der Waals surface area contributed by atoms with Gasteiger partial charge in [-0.3, -0.25) is 9.59 Å². The predicted octanol–water partition coefficient (Wildman–Crippen LogP) is -0.968. The van der Waals surface area contributed by atoms with Gasteiger partial charge in [0, 0.05) is 6.42 Å². The smallest absolute Gasteiger partial charge is 0.320 e. The Morgan fingerprint density at radius 1 is 1.12 bits per heavy atom. The summed E-state index contributed by atoms with van der Waals surface area (Å²) in [7, 11) is -1.16. The molecule has 0 rings (SSSR count). The van der Waals surface area contributed by atoms with Crippen LogP contribution < -0.4 is 4.72 Å². The van der Waals surface area contributed by atoms with Crippen molar-refractivity contribution in [1.29, 1.82) is 0 Å². The normalized spacial score (nSPS) is 10.9. The molecule has 0 saturated heterocycles. The molecule has 1 N–H and O–H groups in total. The third-order valence-corrected chi connectivity index (χ3v) is 3.10. The predicted molar refractivity (Wildman–Crippen MR) is 55.1 cm³/mol. The van der Waals surface area contributed by atoms with Gasteiger partial charge in [0.25, 0.3) is 0 Å². The highest BCUT2D eigenvalue weighted by molar-refractivity contribution is 7.89. The van der Waals surface area contributed by atoms with Crippen molar-refractivity contribution in [2.24, 2.45) is 0 Å². The van der Waals surface area contributed by atoms with Gasteiger partial charge >= 0.3 is 11.9 Å².